The number of carbonyl (C=O) groups excluding carboxylic acids is 1. The van der Waals surface area contributed by atoms with E-state index in [1.54, 1.807) is 42.6 Å². The maximum absolute atomic E-state index is 11.8. The van der Waals surface area contributed by atoms with Gasteiger partial charge in [-0.15, -0.1) is 0 Å². The molecule has 2 aromatic rings. The topological polar surface area (TPSA) is 102 Å². The molecule has 6 nitrogen and oxygen atoms in total. The Bertz CT molecular complexity index is 713. The van der Waals surface area contributed by atoms with Crippen LogP contribution < -0.4 is 10.5 Å². The second-order valence-corrected chi connectivity index (χ2v) is 6.16. The van der Waals surface area contributed by atoms with Gasteiger partial charge < -0.3 is 5.32 Å². The minimum absolute atomic E-state index is 0.199. The molecule has 0 aliphatic carbocycles. The number of nitrogens with zero attached hydrogens (tertiary/aromatic N) is 1. The van der Waals surface area contributed by atoms with Crippen LogP contribution in [-0.4, -0.2) is 19.3 Å². The van der Waals surface area contributed by atoms with Crippen molar-refractivity contribution in [1.82, 2.24) is 10.3 Å². The fourth-order valence-corrected chi connectivity index (χ4v) is 2.42. The number of pyridine rings is 1. The molecule has 0 atom stereocenters. The van der Waals surface area contributed by atoms with E-state index in [2.05, 4.69) is 10.3 Å². The summed E-state index contributed by atoms with van der Waals surface area (Å²) in [5.41, 5.74) is 1.97. The molecule has 3 N–H and O–H groups in total. The molecular weight excluding hydrogens is 290 g/mol. The third-order valence-electron chi connectivity index (χ3n) is 2.77. The van der Waals surface area contributed by atoms with E-state index in [0.717, 1.165) is 5.56 Å². The highest BCUT2D eigenvalue weighted by molar-refractivity contribution is 7.88. The van der Waals surface area contributed by atoms with Gasteiger partial charge in [-0.05, 0) is 23.3 Å². The lowest BCUT2D eigenvalue weighted by atomic mass is 10.1. The van der Waals surface area contributed by atoms with Gasteiger partial charge >= 0.3 is 0 Å². The lowest BCUT2D eigenvalue weighted by Gasteiger charge is -2.06. The van der Waals surface area contributed by atoms with Gasteiger partial charge in [0.15, 0.2) is 0 Å². The number of benzene rings is 1. The first-order chi connectivity index (χ1) is 9.94. The summed E-state index contributed by atoms with van der Waals surface area (Å²) in [6, 6.07) is 10.2. The van der Waals surface area contributed by atoms with E-state index in [0.29, 0.717) is 17.7 Å². The largest absolute Gasteiger partial charge is 0.348 e. The Morgan fingerprint density at radius 3 is 2.38 bits per heavy atom. The van der Waals surface area contributed by atoms with Crippen LogP contribution in [0.1, 0.15) is 21.5 Å². The zero-order chi connectivity index (χ0) is 15.3. The first-order valence-corrected chi connectivity index (χ1v) is 7.92. The maximum Gasteiger partial charge on any atom is 0.253 e. The van der Waals surface area contributed by atoms with Gasteiger partial charge in [0.1, 0.15) is 0 Å². The molecule has 7 heteroatoms. The SMILES string of the molecule is NS(=O)(=O)Cc1ccc(CNC(=O)c2cccnc2)cc1. The molecule has 0 bridgehead atoms. The molecule has 0 unspecified atom stereocenters. The summed E-state index contributed by atoms with van der Waals surface area (Å²) in [4.78, 5) is 15.7. The van der Waals surface area contributed by atoms with Crippen LogP contribution in [0.3, 0.4) is 0 Å². The van der Waals surface area contributed by atoms with Crippen LogP contribution in [0.25, 0.3) is 0 Å². The Morgan fingerprint density at radius 2 is 1.81 bits per heavy atom. The quantitative estimate of drug-likeness (QED) is 0.853. The Labute approximate surface area is 123 Å². The zero-order valence-electron chi connectivity index (χ0n) is 11.2. The summed E-state index contributed by atoms with van der Waals surface area (Å²) < 4.78 is 21.9. The number of hydrogen-bond acceptors (Lipinski definition) is 4. The van der Waals surface area contributed by atoms with Crippen molar-refractivity contribution in [3.63, 3.8) is 0 Å². The third kappa shape index (κ3) is 4.97. The van der Waals surface area contributed by atoms with Crippen LogP contribution in [0.15, 0.2) is 48.8 Å². The number of rotatable bonds is 5. The van der Waals surface area contributed by atoms with Gasteiger partial charge in [0.25, 0.3) is 5.91 Å². The molecule has 21 heavy (non-hydrogen) atoms. The molecule has 1 amide bonds. The molecule has 110 valence electrons. The average molecular weight is 305 g/mol. The minimum Gasteiger partial charge on any atom is -0.348 e. The molecule has 1 aromatic heterocycles. The lowest BCUT2D eigenvalue weighted by Crippen LogP contribution is -2.22. The summed E-state index contributed by atoms with van der Waals surface area (Å²) in [6.07, 6.45) is 3.09. The van der Waals surface area contributed by atoms with E-state index in [4.69, 9.17) is 5.14 Å². The highest BCUT2D eigenvalue weighted by Crippen LogP contribution is 2.07. The molecule has 0 fully saturated rings. The first-order valence-electron chi connectivity index (χ1n) is 6.20. The fraction of sp³-hybridized carbons (Fsp3) is 0.143. The normalized spacial score (nSPS) is 11.1. The Kier molecular flexibility index (Phi) is 4.66. The number of primary sulfonamides is 1. The number of nitrogens with one attached hydrogen (secondary N) is 1. The van der Waals surface area contributed by atoms with Gasteiger partial charge in [-0.3, -0.25) is 9.78 Å². The molecule has 2 rings (SSSR count). The number of nitrogens with two attached hydrogens (primary N) is 1. The second-order valence-electron chi connectivity index (χ2n) is 4.55. The van der Waals surface area contributed by atoms with E-state index >= 15 is 0 Å². The van der Waals surface area contributed by atoms with Gasteiger partial charge in [0.2, 0.25) is 10.0 Å². The predicted molar refractivity (Wildman–Crippen MR) is 78.7 cm³/mol. The maximum atomic E-state index is 11.8. The molecule has 0 saturated carbocycles. The van der Waals surface area contributed by atoms with Crippen molar-refractivity contribution in [3.05, 3.63) is 65.5 Å². The molecule has 1 heterocycles. The monoisotopic (exact) mass is 305 g/mol. The summed E-state index contributed by atoms with van der Waals surface area (Å²) in [5.74, 6) is -0.410. The Hall–Kier alpha value is -2.25. The third-order valence-corrected chi connectivity index (χ3v) is 3.50. The molecular formula is C14H15N3O3S. The Balaban J connectivity index is 1.94. The van der Waals surface area contributed by atoms with E-state index in [1.807, 2.05) is 0 Å². The molecule has 0 spiro atoms. The number of aromatic nitrogens is 1. The summed E-state index contributed by atoms with van der Waals surface area (Å²) in [6.45, 7) is 0.351. The predicted octanol–water partition coefficient (Wildman–Crippen LogP) is 0.800. The molecule has 1 aromatic carbocycles. The lowest BCUT2D eigenvalue weighted by molar-refractivity contribution is 0.0950. The van der Waals surface area contributed by atoms with Gasteiger partial charge in [0, 0.05) is 18.9 Å². The van der Waals surface area contributed by atoms with Crippen LogP contribution in [-0.2, 0) is 22.3 Å². The highest BCUT2D eigenvalue weighted by Gasteiger charge is 2.06. The van der Waals surface area contributed by atoms with Crippen molar-refractivity contribution >= 4 is 15.9 Å². The molecule has 0 saturated heterocycles. The van der Waals surface area contributed by atoms with E-state index in [9.17, 15) is 13.2 Å². The smallest absolute Gasteiger partial charge is 0.253 e. The summed E-state index contributed by atoms with van der Waals surface area (Å²) in [5, 5.41) is 7.74. The van der Waals surface area contributed by atoms with E-state index < -0.39 is 10.0 Å². The second kappa shape index (κ2) is 6.47. The van der Waals surface area contributed by atoms with E-state index in [1.165, 1.54) is 6.20 Å². The zero-order valence-corrected chi connectivity index (χ0v) is 12.0. The fourth-order valence-electron chi connectivity index (χ4n) is 1.77. The van der Waals surface area contributed by atoms with Crippen LogP contribution >= 0.6 is 0 Å². The molecule has 0 aliphatic rings. The van der Waals surface area contributed by atoms with Crippen molar-refractivity contribution in [1.29, 1.82) is 0 Å². The van der Waals surface area contributed by atoms with Crippen LogP contribution in [0.4, 0.5) is 0 Å². The number of amides is 1. The van der Waals surface area contributed by atoms with Gasteiger partial charge in [-0.1, -0.05) is 24.3 Å². The standard InChI is InChI=1S/C14H15N3O3S/c15-21(19,20)10-12-5-3-11(4-6-12)8-17-14(18)13-2-1-7-16-9-13/h1-7,9H,8,10H2,(H,17,18)(H2,15,19,20). The molecule has 0 aliphatic heterocycles. The van der Waals surface area contributed by atoms with Crippen molar-refractivity contribution in [3.8, 4) is 0 Å². The average Bonchev–Trinajstić information content (AvgIpc) is 2.45. The number of carbonyl (C=O) groups is 1. The van der Waals surface area contributed by atoms with Crippen molar-refractivity contribution in [2.24, 2.45) is 5.14 Å². The van der Waals surface area contributed by atoms with Crippen LogP contribution in [0, 0.1) is 0 Å². The summed E-state index contributed by atoms with van der Waals surface area (Å²) >= 11 is 0. The number of sulfonamides is 1. The van der Waals surface area contributed by atoms with Crippen molar-refractivity contribution < 1.29 is 13.2 Å². The van der Waals surface area contributed by atoms with Crippen molar-refractivity contribution in [2.75, 3.05) is 0 Å². The van der Waals surface area contributed by atoms with E-state index in [-0.39, 0.29) is 11.7 Å². The minimum atomic E-state index is -3.53. The van der Waals surface area contributed by atoms with Gasteiger partial charge in [0.05, 0.1) is 11.3 Å². The summed E-state index contributed by atoms with van der Waals surface area (Å²) in [7, 11) is -3.53. The number of hydrogen-bond donors (Lipinski definition) is 2. The van der Waals surface area contributed by atoms with Gasteiger partial charge in [-0.25, -0.2) is 13.6 Å². The van der Waals surface area contributed by atoms with Crippen molar-refractivity contribution in [2.45, 2.75) is 12.3 Å². The first kappa shape index (κ1) is 15.1. The van der Waals surface area contributed by atoms with Crippen LogP contribution in [0.2, 0.25) is 0 Å². The molecule has 0 radical (unpaired) electrons. The highest BCUT2D eigenvalue weighted by atomic mass is 32.2. The van der Waals surface area contributed by atoms with Crippen LogP contribution in [0.5, 0.6) is 0 Å². The Morgan fingerprint density at radius 1 is 1.14 bits per heavy atom. The van der Waals surface area contributed by atoms with Gasteiger partial charge in [-0.2, -0.15) is 0 Å².